The molecule has 1 aromatic rings. The van der Waals surface area contributed by atoms with Gasteiger partial charge in [-0.15, -0.1) is 0 Å². The predicted molar refractivity (Wildman–Crippen MR) is 40.0 cm³/mol. The second-order valence-corrected chi connectivity index (χ2v) is 2.00. The van der Waals surface area contributed by atoms with Crippen LogP contribution in [-0.2, 0) is 6.42 Å². The molecule has 0 atom stereocenters. The fraction of sp³-hybridized carbons (Fsp3) is 0.333. The highest BCUT2D eigenvalue weighted by Crippen LogP contribution is 2.13. The van der Waals surface area contributed by atoms with E-state index in [0.29, 0.717) is 0 Å². The zero-order chi connectivity index (χ0) is 7.40. The maximum absolute atomic E-state index is 5.08. The molecule has 0 amide bonds. The number of ether oxygens (including phenoxy) is 1. The minimum absolute atomic E-state index is 0.904. The van der Waals surface area contributed by atoms with E-state index in [1.807, 2.05) is 6.07 Å². The summed E-state index contributed by atoms with van der Waals surface area (Å²) in [6, 6.07) is 9.57. The number of hydrogen-bond acceptors (Lipinski definition) is 1. The summed E-state index contributed by atoms with van der Waals surface area (Å²) in [4.78, 5) is 0. The first-order valence-corrected chi connectivity index (χ1v) is 3.33. The summed E-state index contributed by atoms with van der Waals surface area (Å²) < 4.78 is 5.08. The second kappa shape index (κ2) is 3.12. The molecular weight excluding hydrogens is 124 g/mol. The van der Waals surface area contributed by atoms with Crippen molar-refractivity contribution in [2.24, 2.45) is 0 Å². The fourth-order valence-corrected chi connectivity index (χ4v) is 0.862. The molecule has 0 aliphatic heterocycles. The quantitative estimate of drug-likeness (QED) is 0.599. The van der Waals surface area contributed by atoms with E-state index in [1.165, 1.54) is 0 Å². The summed E-state index contributed by atoms with van der Waals surface area (Å²) >= 11 is 0. The van der Waals surface area contributed by atoms with Crippen LogP contribution in [0, 0.1) is 12.1 Å². The standard InChI is InChI=1S/C9H10O/c1-3-8-6-4-5-7-9(8)10-2/h5,7H,3H2,1-2H3. The molecule has 52 valence electrons. The highest BCUT2D eigenvalue weighted by molar-refractivity contribution is 5.28. The molecule has 0 N–H and O–H groups in total. The molecule has 0 fully saturated rings. The summed E-state index contributed by atoms with van der Waals surface area (Å²) in [5, 5.41) is 0. The molecule has 1 heteroatoms. The van der Waals surface area contributed by atoms with Crippen molar-refractivity contribution in [2.45, 2.75) is 13.3 Å². The van der Waals surface area contributed by atoms with Crippen LogP contribution in [0.2, 0.25) is 0 Å². The Labute approximate surface area is 61.6 Å². The summed E-state index contributed by atoms with van der Waals surface area (Å²) in [5.41, 5.74) is 1.09. The maximum atomic E-state index is 5.08. The van der Waals surface area contributed by atoms with Crippen molar-refractivity contribution in [1.29, 1.82) is 0 Å². The van der Waals surface area contributed by atoms with E-state index in [4.69, 9.17) is 4.74 Å². The van der Waals surface area contributed by atoms with Gasteiger partial charge in [0, 0.05) is 5.56 Å². The minimum atomic E-state index is 0.904. The van der Waals surface area contributed by atoms with Crippen LogP contribution >= 0.6 is 0 Å². The fourth-order valence-electron chi connectivity index (χ4n) is 0.862. The third kappa shape index (κ3) is 1.22. The highest BCUT2D eigenvalue weighted by atomic mass is 16.5. The lowest BCUT2D eigenvalue weighted by atomic mass is 10.2. The van der Waals surface area contributed by atoms with Gasteiger partial charge in [0.05, 0.1) is 7.11 Å². The van der Waals surface area contributed by atoms with Crippen molar-refractivity contribution < 1.29 is 4.74 Å². The zero-order valence-electron chi connectivity index (χ0n) is 6.27. The Kier molecular flexibility index (Phi) is 2.17. The van der Waals surface area contributed by atoms with E-state index in [9.17, 15) is 0 Å². The molecule has 0 saturated heterocycles. The molecular formula is C9H10O. The molecule has 0 unspecified atom stereocenters. The molecule has 1 aromatic carbocycles. The molecule has 1 nitrogen and oxygen atoms in total. The lowest BCUT2D eigenvalue weighted by molar-refractivity contribution is 0.410. The second-order valence-electron chi connectivity index (χ2n) is 2.00. The Bertz CT molecular complexity index is 183. The Morgan fingerprint density at radius 1 is 1.60 bits per heavy atom. The molecule has 0 aliphatic carbocycles. The first-order valence-electron chi connectivity index (χ1n) is 3.33. The summed E-state index contributed by atoms with van der Waals surface area (Å²) in [6.45, 7) is 2.07. The average molecular weight is 134 g/mol. The van der Waals surface area contributed by atoms with Gasteiger partial charge in [0.2, 0.25) is 0 Å². The van der Waals surface area contributed by atoms with Crippen LogP contribution in [0.25, 0.3) is 0 Å². The van der Waals surface area contributed by atoms with Gasteiger partial charge in [-0.2, -0.15) is 0 Å². The van der Waals surface area contributed by atoms with Gasteiger partial charge in [0.1, 0.15) is 5.75 Å². The average Bonchev–Trinajstić information content (AvgIpc) is 2.04. The minimum Gasteiger partial charge on any atom is -0.496 e. The molecule has 0 saturated carbocycles. The molecule has 10 heavy (non-hydrogen) atoms. The van der Waals surface area contributed by atoms with Gasteiger partial charge in [0.15, 0.2) is 0 Å². The van der Waals surface area contributed by atoms with E-state index < -0.39 is 0 Å². The van der Waals surface area contributed by atoms with Gasteiger partial charge in [-0.1, -0.05) is 19.1 Å². The van der Waals surface area contributed by atoms with Crippen LogP contribution in [0.1, 0.15) is 12.5 Å². The number of methoxy groups -OCH3 is 1. The molecule has 0 bridgehead atoms. The van der Waals surface area contributed by atoms with Crippen LogP contribution in [-0.4, -0.2) is 7.11 Å². The van der Waals surface area contributed by atoms with Gasteiger partial charge in [-0.05, 0) is 18.6 Å². The van der Waals surface area contributed by atoms with E-state index in [1.54, 1.807) is 13.2 Å². The van der Waals surface area contributed by atoms with E-state index in [2.05, 4.69) is 19.1 Å². The molecule has 0 aromatic heterocycles. The molecule has 0 radical (unpaired) electrons. The summed E-state index contributed by atoms with van der Waals surface area (Å²) in [6.07, 6.45) is 0.945. The first-order chi connectivity index (χ1) is 4.88. The smallest absolute Gasteiger partial charge is 0.131 e. The van der Waals surface area contributed by atoms with Crippen LogP contribution in [0.5, 0.6) is 5.75 Å². The molecule has 0 aliphatic rings. The SMILES string of the molecule is CCc1c#cccc1OC. The van der Waals surface area contributed by atoms with Crippen LogP contribution < -0.4 is 4.74 Å². The first kappa shape index (κ1) is 6.95. The molecule has 1 rings (SSSR count). The Hall–Kier alpha value is -1.16. The number of rotatable bonds is 2. The van der Waals surface area contributed by atoms with E-state index in [0.717, 1.165) is 17.7 Å². The lowest BCUT2D eigenvalue weighted by Crippen LogP contribution is -1.87. The van der Waals surface area contributed by atoms with Crippen molar-refractivity contribution in [1.82, 2.24) is 0 Å². The van der Waals surface area contributed by atoms with Gasteiger partial charge in [0.25, 0.3) is 0 Å². The summed E-state index contributed by atoms with van der Waals surface area (Å²) in [7, 11) is 1.67. The molecule has 0 heterocycles. The van der Waals surface area contributed by atoms with Crippen LogP contribution in [0.3, 0.4) is 0 Å². The van der Waals surface area contributed by atoms with E-state index in [-0.39, 0.29) is 0 Å². The summed E-state index contributed by atoms with van der Waals surface area (Å²) in [5.74, 6) is 0.904. The Morgan fingerprint density at radius 2 is 2.40 bits per heavy atom. The highest BCUT2D eigenvalue weighted by Gasteiger charge is 1.95. The van der Waals surface area contributed by atoms with Gasteiger partial charge >= 0.3 is 0 Å². The number of hydrogen-bond donors (Lipinski definition) is 0. The van der Waals surface area contributed by atoms with E-state index >= 15 is 0 Å². The largest absolute Gasteiger partial charge is 0.496 e. The van der Waals surface area contributed by atoms with Crippen molar-refractivity contribution in [2.75, 3.05) is 7.11 Å². The monoisotopic (exact) mass is 134 g/mol. The Balaban J connectivity index is 2.96. The lowest BCUT2D eigenvalue weighted by Gasteiger charge is -2.00. The predicted octanol–water partition coefficient (Wildman–Crippen LogP) is 1.86. The topological polar surface area (TPSA) is 9.23 Å². The van der Waals surface area contributed by atoms with Gasteiger partial charge < -0.3 is 4.74 Å². The molecule has 0 spiro atoms. The van der Waals surface area contributed by atoms with Crippen LogP contribution in [0.4, 0.5) is 0 Å². The van der Waals surface area contributed by atoms with Gasteiger partial charge in [-0.3, -0.25) is 0 Å². The zero-order valence-corrected chi connectivity index (χ0v) is 6.27. The van der Waals surface area contributed by atoms with Crippen molar-refractivity contribution in [3.8, 4) is 5.75 Å². The van der Waals surface area contributed by atoms with Crippen LogP contribution in [0.15, 0.2) is 12.1 Å². The van der Waals surface area contributed by atoms with Crippen molar-refractivity contribution >= 4 is 0 Å². The van der Waals surface area contributed by atoms with Crippen molar-refractivity contribution in [3.05, 3.63) is 29.8 Å². The van der Waals surface area contributed by atoms with Crippen molar-refractivity contribution in [3.63, 3.8) is 0 Å². The van der Waals surface area contributed by atoms with Gasteiger partial charge in [-0.25, -0.2) is 0 Å². The normalized spacial score (nSPS) is 8.60. The third-order valence-corrected chi connectivity index (χ3v) is 1.41. The Morgan fingerprint density at radius 3 is 2.90 bits per heavy atom. The maximum Gasteiger partial charge on any atom is 0.131 e. The third-order valence-electron chi connectivity index (χ3n) is 1.41.